The molecule has 3 atom stereocenters. The Morgan fingerprint density at radius 3 is 2.87 bits per heavy atom. The minimum absolute atomic E-state index is 0.0633. The number of allylic oxidation sites excluding steroid dienone is 5. The van der Waals surface area contributed by atoms with Gasteiger partial charge in [0.05, 0.1) is 29.7 Å². The van der Waals surface area contributed by atoms with Gasteiger partial charge in [0.15, 0.2) is 0 Å². The standard InChI is InChI=1S/C24H24ClN3O2/c25-22-10-9-15(13-26-22)11-16-12-19-23(18-6-2-1-5-17(16)18)27-14-28(24(19)30)20-7-3-4-8-21(20)29/h1-2,6,9-10,12-14,17,20-21,29H,3-5,7-8,11H2/t17?,20-,21-/m0/s1. The van der Waals surface area contributed by atoms with Crippen LogP contribution in [0.3, 0.4) is 0 Å². The average Bonchev–Trinajstić information content (AvgIpc) is 2.77. The SMILES string of the molecule is O=c1c2c(ncn1[C@H]1CCCC[C@@H]1O)C1=CC=CCC1C(Cc1ccc(Cl)nc1)=C2. The molecule has 0 amide bonds. The van der Waals surface area contributed by atoms with E-state index < -0.39 is 6.10 Å². The molecular weight excluding hydrogens is 398 g/mol. The van der Waals surface area contributed by atoms with Crippen molar-refractivity contribution < 1.29 is 5.11 Å². The third-order valence-electron chi connectivity index (χ3n) is 6.49. The highest BCUT2D eigenvalue weighted by Gasteiger charge is 2.32. The number of aliphatic hydroxyl groups excluding tert-OH is 1. The molecule has 5 nitrogen and oxygen atoms in total. The lowest BCUT2D eigenvalue weighted by Gasteiger charge is -2.32. The summed E-state index contributed by atoms with van der Waals surface area (Å²) >= 11 is 5.94. The summed E-state index contributed by atoms with van der Waals surface area (Å²) in [5, 5.41) is 10.9. The fourth-order valence-corrected chi connectivity index (χ4v) is 5.04. The molecule has 2 aromatic rings. The van der Waals surface area contributed by atoms with Crippen LogP contribution in [0.2, 0.25) is 5.15 Å². The zero-order chi connectivity index (χ0) is 20.7. The normalized spacial score (nSPS) is 25.2. The molecule has 3 aliphatic carbocycles. The molecule has 1 N–H and O–H groups in total. The first-order valence-electron chi connectivity index (χ1n) is 10.6. The Labute approximate surface area is 180 Å². The van der Waals surface area contributed by atoms with E-state index in [1.807, 2.05) is 18.2 Å². The number of hydrogen-bond donors (Lipinski definition) is 1. The first kappa shape index (κ1) is 19.5. The van der Waals surface area contributed by atoms with Gasteiger partial charge in [0.25, 0.3) is 5.56 Å². The smallest absolute Gasteiger partial charge is 0.261 e. The lowest BCUT2D eigenvalue weighted by atomic mass is 9.76. The Balaban J connectivity index is 1.59. The molecule has 1 fully saturated rings. The zero-order valence-corrected chi connectivity index (χ0v) is 17.4. The fourth-order valence-electron chi connectivity index (χ4n) is 4.93. The number of rotatable bonds is 3. The lowest BCUT2D eigenvalue weighted by molar-refractivity contribution is 0.0731. The second-order valence-electron chi connectivity index (χ2n) is 8.36. The maximum absolute atomic E-state index is 13.5. The monoisotopic (exact) mass is 421 g/mol. The van der Waals surface area contributed by atoms with Gasteiger partial charge in [-0.05, 0) is 49.0 Å². The van der Waals surface area contributed by atoms with Gasteiger partial charge in [-0.25, -0.2) is 9.97 Å². The highest BCUT2D eigenvalue weighted by atomic mass is 35.5. The number of hydrogen-bond acceptors (Lipinski definition) is 4. The summed E-state index contributed by atoms with van der Waals surface area (Å²) in [6.07, 6.45) is 16.4. The third kappa shape index (κ3) is 3.46. The average molecular weight is 422 g/mol. The summed E-state index contributed by atoms with van der Waals surface area (Å²) < 4.78 is 1.65. The molecule has 6 heteroatoms. The Morgan fingerprint density at radius 1 is 1.20 bits per heavy atom. The van der Waals surface area contributed by atoms with Crippen molar-refractivity contribution >= 4 is 23.3 Å². The van der Waals surface area contributed by atoms with E-state index in [1.165, 1.54) is 5.57 Å². The number of fused-ring (bicyclic) bond motifs is 3. The Kier molecular flexibility index (Phi) is 5.17. The first-order valence-corrected chi connectivity index (χ1v) is 11.0. The largest absolute Gasteiger partial charge is 0.391 e. The summed E-state index contributed by atoms with van der Waals surface area (Å²) in [7, 11) is 0. The number of nitrogens with zero attached hydrogens (tertiary/aromatic N) is 3. The van der Waals surface area contributed by atoms with Crippen molar-refractivity contribution in [1.29, 1.82) is 0 Å². The Hall–Kier alpha value is -2.50. The Bertz CT molecular complexity index is 1110. The summed E-state index contributed by atoms with van der Waals surface area (Å²) in [4.78, 5) is 22.4. The van der Waals surface area contributed by atoms with Crippen molar-refractivity contribution in [3.8, 4) is 0 Å². The van der Waals surface area contributed by atoms with Gasteiger partial charge in [-0.2, -0.15) is 0 Å². The number of aliphatic hydroxyl groups is 1. The van der Waals surface area contributed by atoms with Crippen LogP contribution >= 0.6 is 11.6 Å². The predicted molar refractivity (Wildman–Crippen MR) is 118 cm³/mol. The van der Waals surface area contributed by atoms with Crippen molar-refractivity contribution in [1.82, 2.24) is 14.5 Å². The van der Waals surface area contributed by atoms with E-state index in [0.717, 1.165) is 48.9 Å². The molecule has 2 heterocycles. The molecule has 154 valence electrons. The molecule has 0 bridgehead atoms. The van der Waals surface area contributed by atoms with Crippen LogP contribution in [0.1, 0.15) is 55.0 Å². The van der Waals surface area contributed by atoms with Gasteiger partial charge < -0.3 is 5.11 Å². The van der Waals surface area contributed by atoms with E-state index in [1.54, 1.807) is 23.2 Å². The van der Waals surface area contributed by atoms with E-state index in [0.29, 0.717) is 17.1 Å². The van der Waals surface area contributed by atoms with Gasteiger partial charge in [-0.3, -0.25) is 9.36 Å². The molecular formula is C24H24ClN3O2. The van der Waals surface area contributed by atoms with E-state index in [-0.39, 0.29) is 17.5 Å². The van der Waals surface area contributed by atoms with Gasteiger partial charge in [0.1, 0.15) is 5.15 Å². The van der Waals surface area contributed by atoms with Crippen molar-refractivity contribution in [3.63, 3.8) is 0 Å². The van der Waals surface area contributed by atoms with Crippen molar-refractivity contribution in [3.05, 3.63) is 80.8 Å². The second-order valence-corrected chi connectivity index (χ2v) is 8.75. The number of pyridine rings is 1. The van der Waals surface area contributed by atoms with Crippen LogP contribution in [0.15, 0.2) is 53.3 Å². The number of aromatic nitrogens is 3. The minimum atomic E-state index is -0.493. The highest BCUT2D eigenvalue weighted by Crippen LogP contribution is 2.41. The molecule has 1 unspecified atom stereocenters. The van der Waals surface area contributed by atoms with Crippen LogP contribution in [-0.2, 0) is 6.42 Å². The van der Waals surface area contributed by atoms with E-state index >= 15 is 0 Å². The van der Waals surface area contributed by atoms with Crippen molar-refractivity contribution in [2.24, 2.45) is 5.92 Å². The molecule has 1 saturated carbocycles. The van der Waals surface area contributed by atoms with Crippen LogP contribution < -0.4 is 5.56 Å². The van der Waals surface area contributed by atoms with Gasteiger partial charge >= 0.3 is 0 Å². The summed E-state index contributed by atoms with van der Waals surface area (Å²) in [6.45, 7) is 0. The maximum Gasteiger partial charge on any atom is 0.261 e. The van der Waals surface area contributed by atoms with E-state index in [4.69, 9.17) is 16.6 Å². The summed E-state index contributed by atoms with van der Waals surface area (Å²) in [6, 6.07) is 3.58. The molecule has 30 heavy (non-hydrogen) atoms. The number of halogens is 1. The van der Waals surface area contributed by atoms with Crippen molar-refractivity contribution in [2.75, 3.05) is 0 Å². The van der Waals surface area contributed by atoms with Gasteiger partial charge in [-0.15, -0.1) is 0 Å². The molecule has 0 saturated heterocycles. The molecule has 0 aromatic carbocycles. The fraction of sp³-hybridized carbons (Fsp3) is 0.375. The quantitative estimate of drug-likeness (QED) is 0.747. The van der Waals surface area contributed by atoms with Gasteiger partial charge in [0, 0.05) is 12.1 Å². The van der Waals surface area contributed by atoms with Crippen LogP contribution in [-0.4, -0.2) is 25.7 Å². The third-order valence-corrected chi connectivity index (χ3v) is 6.71. The highest BCUT2D eigenvalue weighted by molar-refractivity contribution is 6.29. The lowest BCUT2D eigenvalue weighted by Crippen LogP contribution is -2.37. The first-order chi connectivity index (χ1) is 14.6. The van der Waals surface area contributed by atoms with Crippen LogP contribution in [0.25, 0.3) is 11.6 Å². The van der Waals surface area contributed by atoms with E-state index in [2.05, 4.69) is 17.1 Å². The maximum atomic E-state index is 13.5. The second kappa shape index (κ2) is 7.97. The molecule has 0 aliphatic heterocycles. The molecule has 3 aliphatic rings. The molecule has 0 spiro atoms. The predicted octanol–water partition coefficient (Wildman–Crippen LogP) is 4.37. The van der Waals surface area contributed by atoms with Crippen LogP contribution in [0, 0.1) is 5.92 Å². The summed E-state index contributed by atoms with van der Waals surface area (Å²) in [5.74, 6) is 0.209. The van der Waals surface area contributed by atoms with Crippen LogP contribution in [0.5, 0.6) is 0 Å². The minimum Gasteiger partial charge on any atom is -0.391 e. The molecule has 2 aromatic heterocycles. The topological polar surface area (TPSA) is 68.0 Å². The van der Waals surface area contributed by atoms with Gasteiger partial charge in [0.2, 0.25) is 0 Å². The Morgan fingerprint density at radius 2 is 2.07 bits per heavy atom. The van der Waals surface area contributed by atoms with E-state index in [9.17, 15) is 9.90 Å². The molecule has 5 rings (SSSR count). The van der Waals surface area contributed by atoms with Crippen LogP contribution in [0.4, 0.5) is 0 Å². The van der Waals surface area contributed by atoms with Gasteiger partial charge in [-0.1, -0.05) is 54.3 Å². The summed E-state index contributed by atoms with van der Waals surface area (Å²) in [5.41, 5.74) is 4.68. The molecule has 0 radical (unpaired) electrons. The van der Waals surface area contributed by atoms with Crippen molar-refractivity contribution in [2.45, 2.75) is 50.7 Å². The zero-order valence-electron chi connectivity index (χ0n) is 16.7.